The molecule has 18 heavy (non-hydrogen) atoms. The Morgan fingerprint density at radius 2 is 2.39 bits per heavy atom. The van der Waals surface area contributed by atoms with Crippen LogP contribution in [0.4, 0.5) is 5.82 Å². The lowest BCUT2D eigenvalue weighted by molar-refractivity contribution is -0.0469. The van der Waals surface area contributed by atoms with Crippen LogP contribution in [0.3, 0.4) is 0 Å². The van der Waals surface area contributed by atoms with Crippen LogP contribution in [0.25, 0.3) is 0 Å². The molecule has 2 unspecified atom stereocenters. The molecule has 1 aromatic heterocycles. The largest absolute Gasteiger partial charge is 0.394 e. The monoisotopic (exact) mass is 252 g/mol. The van der Waals surface area contributed by atoms with Crippen molar-refractivity contribution in [1.29, 1.82) is 5.26 Å². The highest BCUT2D eigenvalue weighted by atomic mass is 16.5. The molecule has 1 aromatic rings. The summed E-state index contributed by atoms with van der Waals surface area (Å²) in [6.07, 6.45) is -1.70. The van der Waals surface area contributed by atoms with E-state index in [4.69, 9.17) is 20.8 Å². The first-order chi connectivity index (χ1) is 8.58. The van der Waals surface area contributed by atoms with Gasteiger partial charge in [0.05, 0.1) is 12.7 Å². The zero-order valence-corrected chi connectivity index (χ0v) is 9.30. The van der Waals surface area contributed by atoms with Crippen molar-refractivity contribution in [2.75, 3.05) is 12.3 Å². The smallest absolute Gasteiger partial charge is 0.351 e. The zero-order chi connectivity index (χ0) is 13.3. The minimum Gasteiger partial charge on any atom is -0.394 e. The van der Waals surface area contributed by atoms with Crippen molar-refractivity contribution in [1.82, 2.24) is 9.55 Å². The fourth-order valence-electron chi connectivity index (χ4n) is 1.89. The maximum atomic E-state index is 11.6. The predicted octanol–water partition coefficient (Wildman–Crippen LogP) is -1.78. The minimum absolute atomic E-state index is 0.0574. The first-order valence-corrected chi connectivity index (χ1v) is 5.27. The maximum Gasteiger partial charge on any atom is 0.351 e. The first kappa shape index (κ1) is 12.5. The Morgan fingerprint density at radius 3 is 2.94 bits per heavy atom. The van der Waals surface area contributed by atoms with Gasteiger partial charge in [0.15, 0.2) is 6.23 Å². The summed E-state index contributed by atoms with van der Waals surface area (Å²) in [6, 6.07) is 3.25. The molecule has 0 radical (unpaired) electrons. The van der Waals surface area contributed by atoms with Crippen molar-refractivity contribution >= 4 is 5.82 Å². The third-order valence-electron chi connectivity index (χ3n) is 2.82. The molecule has 1 aliphatic heterocycles. The molecule has 2 heterocycles. The molecule has 8 nitrogen and oxygen atoms in total. The van der Waals surface area contributed by atoms with E-state index in [1.807, 2.05) is 6.07 Å². The number of aliphatic hydroxyl groups excluding tert-OH is 2. The van der Waals surface area contributed by atoms with Crippen LogP contribution in [0, 0.1) is 17.2 Å². The van der Waals surface area contributed by atoms with E-state index in [1.54, 1.807) is 0 Å². The second-order valence-corrected chi connectivity index (χ2v) is 3.94. The van der Waals surface area contributed by atoms with Gasteiger partial charge < -0.3 is 20.7 Å². The van der Waals surface area contributed by atoms with Crippen molar-refractivity contribution in [2.45, 2.75) is 18.4 Å². The van der Waals surface area contributed by atoms with E-state index >= 15 is 0 Å². The van der Waals surface area contributed by atoms with Crippen molar-refractivity contribution in [2.24, 2.45) is 5.92 Å². The summed E-state index contributed by atoms with van der Waals surface area (Å²) >= 11 is 0. The molecule has 8 heteroatoms. The molecular formula is C10H12N4O4. The van der Waals surface area contributed by atoms with Gasteiger partial charge in [-0.2, -0.15) is 10.2 Å². The van der Waals surface area contributed by atoms with E-state index in [1.165, 1.54) is 12.3 Å². The summed E-state index contributed by atoms with van der Waals surface area (Å²) in [5, 5.41) is 27.8. The zero-order valence-electron chi connectivity index (χ0n) is 9.30. The molecule has 1 aliphatic rings. The quantitative estimate of drug-likeness (QED) is 0.566. The van der Waals surface area contributed by atoms with Crippen LogP contribution in [-0.4, -0.2) is 38.6 Å². The molecule has 4 atom stereocenters. The van der Waals surface area contributed by atoms with Crippen LogP contribution in [0.15, 0.2) is 17.1 Å². The summed E-state index contributed by atoms with van der Waals surface area (Å²) in [7, 11) is 0. The molecule has 0 bridgehead atoms. The number of nitrogens with two attached hydrogens (primary N) is 1. The van der Waals surface area contributed by atoms with E-state index in [0.29, 0.717) is 0 Å². The minimum atomic E-state index is -1.16. The SMILES string of the molecule is N#CC1C(O)[C@@H](CO)O[C@H]1n1ccc(N)nc1=O. The third kappa shape index (κ3) is 1.95. The van der Waals surface area contributed by atoms with E-state index in [9.17, 15) is 9.90 Å². The summed E-state index contributed by atoms with van der Waals surface area (Å²) in [5.74, 6) is -0.896. The Morgan fingerprint density at radius 1 is 1.67 bits per heavy atom. The van der Waals surface area contributed by atoms with Gasteiger partial charge in [-0.05, 0) is 6.07 Å². The topological polar surface area (TPSA) is 134 Å². The second-order valence-electron chi connectivity index (χ2n) is 3.94. The van der Waals surface area contributed by atoms with Gasteiger partial charge in [0.25, 0.3) is 0 Å². The molecule has 0 amide bonds. The highest BCUT2D eigenvalue weighted by Gasteiger charge is 2.45. The number of ether oxygens (including phenoxy) is 1. The van der Waals surface area contributed by atoms with Crippen LogP contribution < -0.4 is 11.4 Å². The van der Waals surface area contributed by atoms with Crippen molar-refractivity contribution < 1.29 is 14.9 Å². The standard InChI is InChI=1S/C10H12N4O4/c11-3-5-8(16)6(4-15)18-9(5)14-2-1-7(12)13-10(14)17/h1-2,5-6,8-9,15-16H,4H2,(H2,12,13,17)/t5?,6-,8?,9-/m1/s1. The van der Waals surface area contributed by atoms with Crippen molar-refractivity contribution in [3.63, 3.8) is 0 Å². The number of hydrogen-bond donors (Lipinski definition) is 3. The summed E-state index contributed by atoms with van der Waals surface area (Å²) in [6.45, 7) is -0.438. The Hall–Kier alpha value is -1.95. The van der Waals surface area contributed by atoms with Crippen LogP contribution in [0.1, 0.15) is 6.23 Å². The van der Waals surface area contributed by atoms with Gasteiger partial charge in [-0.15, -0.1) is 0 Å². The van der Waals surface area contributed by atoms with Gasteiger partial charge in [0, 0.05) is 6.20 Å². The molecule has 0 saturated carbocycles. The van der Waals surface area contributed by atoms with Gasteiger partial charge in [0.1, 0.15) is 23.9 Å². The molecule has 96 valence electrons. The molecular weight excluding hydrogens is 240 g/mol. The van der Waals surface area contributed by atoms with Gasteiger partial charge in [-0.1, -0.05) is 0 Å². The molecule has 0 aliphatic carbocycles. The van der Waals surface area contributed by atoms with E-state index in [-0.39, 0.29) is 5.82 Å². The number of hydrogen-bond acceptors (Lipinski definition) is 7. The Bertz CT molecular complexity index is 537. The molecule has 4 N–H and O–H groups in total. The summed E-state index contributed by atoms with van der Waals surface area (Å²) in [5.41, 5.74) is 4.68. The van der Waals surface area contributed by atoms with E-state index in [2.05, 4.69) is 4.98 Å². The highest BCUT2D eigenvalue weighted by molar-refractivity contribution is 5.23. The predicted molar refractivity (Wildman–Crippen MR) is 59.0 cm³/mol. The fraction of sp³-hybridized carbons (Fsp3) is 0.500. The van der Waals surface area contributed by atoms with Gasteiger partial charge in [-0.25, -0.2) is 4.79 Å². The number of nitrogen functional groups attached to an aromatic ring is 1. The average Bonchev–Trinajstić information content (AvgIpc) is 2.65. The van der Waals surface area contributed by atoms with Crippen molar-refractivity contribution in [3.05, 3.63) is 22.7 Å². The molecule has 1 fully saturated rings. The normalized spacial score (nSPS) is 31.2. The highest BCUT2D eigenvalue weighted by Crippen LogP contribution is 2.33. The number of aromatic nitrogens is 2. The number of anilines is 1. The molecule has 0 aromatic carbocycles. The number of nitrogens with zero attached hydrogens (tertiary/aromatic N) is 3. The Kier molecular flexibility index (Phi) is 3.29. The molecule has 1 saturated heterocycles. The van der Waals surface area contributed by atoms with E-state index in [0.717, 1.165) is 4.57 Å². The maximum absolute atomic E-state index is 11.6. The second kappa shape index (κ2) is 4.73. The molecule has 2 rings (SSSR count). The van der Waals surface area contributed by atoms with Crippen LogP contribution >= 0.6 is 0 Å². The Labute approximate surface area is 102 Å². The van der Waals surface area contributed by atoms with Gasteiger partial charge in [0.2, 0.25) is 0 Å². The molecule has 0 spiro atoms. The van der Waals surface area contributed by atoms with Gasteiger partial charge >= 0.3 is 5.69 Å². The van der Waals surface area contributed by atoms with E-state index < -0.39 is 36.7 Å². The third-order valence-corrected chi connectivity index (χ3v) is 2.82. The van der Waals surface area contributed by atoms with Crippen LogP contribution in [-0.2, 0) is 4.74 Å². The lowest BCUT2D eigenvalue weighted by Gasteiger charge is -2.16. The number of aliphatic hydroxyl groups is 2. The lowest BCUT2D eigenvalue weighted by Crippen LogP contribution is -2.31. The lowest BCUT2D eigenvalue weighted by atomic mass is 10.0. The van der Waals surface area contributed by atoms with Crippen LogP contribution in [0.5, 0.6) is 0 Å². The summed E-state index contributed by atoms with van der Waals surface area (Å²) < 4.78 is 6.37. The Balaban J connectivity index is 2.39. The number of nitriles is 1. The fourth-order valence-corrected chi connectivity index (χ4v) is 1.89. The van der Waals surface area contributed by atoms with Crippen molar-refractivity contribution in [3.8, 4) is 6.07 Å². The average molecular weight is 252 g/mol. The number of rotatable bonds is 2. The first-order valence-electron chi connectivity index (χ1n) is 5.27. The van der Waals surface area contributed by atoms with Gasteiger partial charge in [-0.3, -0.25) is 4.57 Å². The van der Waals surface area contributed by atoms with Crippen LogP contribution in [0.2, 0.25) is 0 Å². The summed E-state index contributed by atoms with van der Waals surface area (Å²) in [4.78, 5) is 15.1.